The van der Waals surface area contributed by atoms with Gasteiger partial charge in [-0.3, -0.25) is 4.79 Å². The first-order valence-corrected chi connectivity index (χ1v) is 11.2. The van der Waals surface area contributed by atoms with Crippen LogP contribution in [-0.4, -0.2) is 39.6 Å². The Morgan fingerprint density at radius 2 is 1.74 bits per heavy atom. The van der Waals surface area contributed by atoms with Crippen molar-refractivity contribution in [3.63, 3.8) is 0 Å². The lowest BCUT2D eigenvalue weighted by molar-refractivity contribution is 0.256. The Labute approximate surface area is 199 Å². The third-order valence-corrected chi connectivity index (χ3v) is 6.75. The van der Waals surface area contributed by atoms with Crippen LogP contribution in [-0.2, 0) is 0 Å². The molecule has 0 amide bonds. The first-order valence-electron chi connectivity index (χ1n) is 10.8. The average molecular weight is 480 g/mol. The number of phenols is 3. The molecule has 4 aromatic rings. The third kappa shape index (κ3) is 3.63. The SMILES string of the molecule is O=c1cc(-c2ccccc2Cl)oc2c([C@@H]3CCN(c4ccc(O)cc4)[C@H]3CO)c(O)cc(O)c12. The highest BCUT2D eigenvalue weighted by Crippen LogP contribution is 2.45. The molecule has 34 heavy (non-hydrogen) atoms. The number of halogens is 1. The molecule has 0 radical (unpaired) electrons. The normalized spacial score (nSPS) is 18.0. The van der Waals surface area contributed by atoms with Crippen molar-refractivity contribution in [2.75, 3.05) is 18.1 Å². The summed E-state index contributed by atoms with van der Waals surface area (Å²) in [5.41, 5.74) is 1.26. The Hall–Kier alpha value is -3.68. The Morgan fingerprint density at radius 1 is 1.00 bits per heavy atom. The van der Waals surface area contributed by atoms with E-state index >= 15 is 0 Å². The molecule has 0 unspecified atom stereocenters. The fourth-order valence-corrected chi connectivity index (χ4v) is 5.08. The number of nitrogens with zero attached hydrogens (tertiary/aromatic N) is 1. The maximum Gasteiger partial charge on any atom is 0.197 e. The fraction of sp³-hybridized carbons (Fsp3) is 0.192. The maximum atomic E-state index is 13.0. The van der Waals surface area contributed by atoms with Gasteiger partial charge in [0.05, 0.1) is 17.7 Å². The zero-order valence-corrected chi connectivity index (χ0v) is 18.7. The zero-order valence-electron chi connectivity index (χ0n) is 18.0. The Morgan fingerprint density at radius 3 is 2.44 bits per heavy atom. The molecule has 7 nitrogen and oxygen atoms in total. The molecule has 4 N–H and O–H groups in total. The van der Waals surface area contributed by atoms with Gasteiger partial charge in [-0.05, 0) is 42.8 Å². The van der Waals surface area contributed by atoms with Crippen molar-refractivity contribution < 1.29 is 24.8 Å². The lowest BCUT2D eigenvalue weighted by Gasteiger charge is -2.29. The minimum absolute atomic E-state index is 0.0385. The number of fused-ring (bicyclic) bond motifs is 1. The average Bonchev–Trinajstić information content (AvgIpc) is 3.23. The van der Waals surface area contributed by atoms with Crippen molar-refractivity contribution in [3.8, 4) is 28.6 Å². The second-order valence-corrected chi connectivity index (χ2v) is 8.75. The standard InChI is InChI=1S/C26H22ClNO6/c27-18-4-2-1-3-16(18)23-12-22(33)25-21(32)11-20(31)24(26(25)34-23)17-9-10-28(19(17)13-29)14-5-7-15(30)8-6-14/h1-8,11-12,17,19,29-32H,9-10,13H2/t17-,19+/m1/s1. The molecule has 1 aromatic heterocycles. The van der Waals surface area contributed by atoms with Crippen LogP contribution in [0.25, 0.3) is 22.3 Å². The molecule has 1 aliphatic heterocycles. The van der Waals surface area contributed by atoms with Gasteiger partial charge < -0.3 is 29.7 Å². The van der Waals surface area contributed by atoms with E-state index < -0.39 is 17.4 Å². The number of aliphatic hydroxyl groups is 1. The van der Waals surface area contributed by atoms with E-state index in [-0.39, 0.29) is 40.6 Å². The molecule has 5 rings (SSSR count). The van der Waals surface area contributed by atoms with Gasteiger partial charge >= 0.3 is 0 Å². The fourth-order valence-electron chi connectivity index (χ4n) is 4.85. The lowest BCUT2D eigenvalue weighted by Crippen LogP contribution is -2.35. The second kappa shape index (κ2) is 8.59. The summed E-state index contributed by atoms with van der Waals surface area (Å²) < 4.78 is 6.13. The molecule has 1 saturated heterocycles. The van der Waals surface area contributed by atoms with E-state index in [2.05, 4.69) is 0 Å². The number of anilines is 1. The van der Waals surface area contributed by atoms with Crippen LogP contribution in [0.2, 0.25) is 5.02 Å². The highest BCUT2D eigenvalue weighted by Gasteiger charge is 2.38. The van der Waals surface area contributed by atoms with Gasteiger partial charge in [0.2, 0.25) is 0 Å². The summed E-state index contributed by atoms with van der Waals surface area (Å²) in [5, 5.41) is 41.6. The van der Waals surface area contributed by atoms with Crippen molar-refractivity contribution in [1.29, 1.82) is 0 Å². The van der Waals surface area contributed by atoms with E-state index in [0.29, 0.717) is 29.1 Å². The number of rotatable bonds is 4. The van der Waals surface area contributed by atoms with Crippen molar-refractivity contribution in [1.82, 2.24) is 0 Å². The highest BCUT2D eigenvalue weighted by molar-refractivity contribution is 6.33. The minimum atomic E-state index is -0.469. The number of hydrogen-bond acceptors (Lipinski definition) is 7. The van der Waals surface area contributed by atoms with Gasteiger partial charge in [-0.15, -0.1) is 0 Å². The van der Waals surface area contributed by atoms with Crippen LogP contribution in [0.4, 0.5) is 5.69 Å². The molecule has 0 bridgehead atoms. The summed E-state index contributed by atoms with van der Waals surface area (Å²) >= 11 is 6.32. The molecule has 1 aliphatic rings. The second-order valence-electron chi connectivity index (χ2n) is 8.34. The number of phenolic OH excluding ortho intramolecular Hbond substituents is 3. The van der Waals surface area contributed by atoms with Crippen LogP contribution in [0.1, 0.15) is 17.9 Å². The lowest BCUT2D eigenvalue weighted by atomic mass is 9.89. The van der Waals surface area contributed by atoms with Gasteiger partial charge in [0.1, 0.15) is 34.0 Å². The van der Waals surface area contributed by atoms with E-state index in [0.717, 1.165) is 11.8 Å². The number of hydrogen-bond donors (Lipinski definition) is 4. The molecule has 2 atom stereocenters. The molecule has 0 spiro atoms. The van der Waals surface area contributed by atoms with Crippen LogP contribution in [0, 0.1) is 0 Å². The Bertz CT molecular complexity index is 1430. The summed E-state index contributed by atoms with van der Waals surface area (Å²) in [7, 11) is 0. The van der Waals surface area contributed by atoms with Crippen molar-refractivity contribution in [2.45, 2.75) is 18.4 Å². The molecule has 174 valence electrons. The van der Waals surface area contributed by atoms with Crippen molar-refractivity contribution >= 4 is 28.3 Å². The number of aliphatic hydroxyl groups excluding tert-OH is 1. The van der Waals surface area contributed by atoms with E-state index in [1.807, 2.05) is 4.90 Å². The Balaban J connectivity index is 1.69. The predicted molar refractivity (Wildman–Crippen MR) is 130 cm³/mol. The quantitative estimate of drug-likeness (QED) is 0.338. The summed E-state index contributed by atoms with van der Waals surface area (Å²) in [6.45, 7) is 0.346. The van der Waals surface area contributed by atoms with Crippen LogP contribution in [0.15, 0.2) is 69.9 Å². The summed E-state index contributed by atoms with van der Waals surface area (Å²) in [6, 6.07) is 15.5. The molecular formula is C26H22ClNO6. The summed E-state index contributed by atoms with van der Waals surface area (Å²) in [5.74, 6) is -0.656. The van der Waals surface area contributed by atoms with Crippen LogP contribution >= 0.6 is 11.6 Å². The van der Waals surface area contributed by atoms with Crippen molar-refractivity contribution in [3.05, 3.63) is 81.5 Å². The molecule has 3 aromatic carbocycles. The third-order valence-electron chi connectivity index (χ3n) is 6.42. The molecule has 0 saturated carbocycles. The van der Waals surface area contributed by atoms with Gasteiger partial charge in [-0.1, -0.05) is 23.7 Å². The van der Waals surface area contributed by atoms with Gasteiger partial charge in [-0.2, -0.15) is 0 Å². The highest BCUT2D eigenvalue weighted by atomic mass is 35.5. The monoisotopic (exact) mass is 479 g/mol. The zero-order chi connectivity index (χ0) is 24.0. The van der Waals surface area contributed by atoms with Crippen LogP contribution in [0.3, 0.4) is 0 Å². The van der Waals surface area contributed by atoms with E-state index in [1.165, 1.54) is 6.07 Å². The molecular weight excluding hydrogens is 458 g/mol. The molecule has 1 fully saturated rings. The van der Waals surface area contributed by atoms with E-state index in [9.17, 15) is 25.2 Å². The number of benzene rings is 3. The smallest absolute Gasteiger partial charge is 0.197 e. The minimum Gasteiger partial charge on any atom is -0.508 e. The summed E-state index contributed by atoms with van der Waals surface area (Å²) in [6.07, 6.45) is 0.555. The van der Waals surface area contributed by atoms with Gasteiger partial charge in [0.25, 0.3) is 0 Å². The number of aromatic hydroxyl groups is 3. The summed E-state index contributed by atoms with van der Waals surface area (Å²) in [4.78, 5) is 15.0. The van der Waals surface area contributed by atoms with E-state index in [1.54, 1.807) is 48.5 Å². The van der Waals surface area contributed by atoms with Gasteiger partial charge in [-0.25, -0.2) is 0 Å². The molecule has 2 heterocycles. The van der Waals surface area contributed by atoms with Crippen LogP contribution in [0.5, 0.6) is 17.2 Å². The topological polar surface area (TPSA) is 114 Å². The molecule has 0 aliphatic carbocycles. The first-order chi connectivity index (χ1) is 16.4. The predicted octanol–water partition coefficient (Wildman–Crippen LogP) is 4.59. The van der Waals surface area contributed by atoms with Gasteiger partial charge in [0.15, 0.2) is 5.43 Å². The largest absolute Gasteiger partial charge is 0.508 e. The molecule has 8 heteroatoms. The van der Waals surface area contributed by atoms with Crippen LogP contribution < -0.4 is 10.3 Å². The Kier molecular flexibility index (Phi) is 5.59. The maximum absolute atomic E-state index is 13.0. The first kappa shape index (κ1) is 22.1. The van der Waals surface area contributed by atoms with Crippen molar-refractivity contribution in [2.24, 2.45) is 0 Å². The van der Waals surface area contributed by atoms with E-state index in [4.69, 9.17) is 16.0 Å². The van der Waals surface area contributed by atoms with Gasteiger partial charge in [0, 0.05) is 41.4 Å².